The van der Waals surface area contributed by atoms with Gasteiger partial charge in [0.05, 0.1) is 25.5 Å². The number of hydrogen-bond donors (Lipinski definition) is 3. The van der Waals surface area contributed by atoms with Gasteiger partial charge in [0.1, 0.15) is 11.3 Å². The Morgan fingerprint density at radius 3 is 2.59 bits per heavy atom. The first-order valence-electron chi connectivity index (χ1n) is 11.1. The summed E-state index contributed by atoms with van der Waals surface area (Å²) in [5.74, 6) is -3.25. The Morgan fingerprint density at radius 1 is 1.15 bits per heavy atom. The molecule has 2 saturated heterocycles. The maximum atomic E-state index is 13.8. The summed E-state index contributed by atoms with van der Waals surface area (Å²) in [5.41, 5.74) is 7.74. The van der Waals surface area contributed by atoms with E-state index >= 15 is 0 Å². The fraction of sp³-hybridized carbons (Fsp3) is 0.360. The molecule has 0 radical (unpaired) electrons. The van der Waals surface area contributed by atoms with Crippen molar-refractivity contribution < 1.29 is 23.9 Å². The molecule has 9 nitrogen and oxygen atoms in total. The van der Waals surface area contributed by atoms with Crippen LogP contribution in [0.2, 0.25) is 0 Å². The minimum atomic E-state index is -1.46. The van der Waals surface area contributed by atoms with Crippen LogP contribution in [0.4, 0.5) is 5.69 Å². The van der Waals surface area contributed by atoms with Crippen LogP contribution in [0, 0.1) is 25.7 Å². The number of fused-ring (bicyclic) bond motifs is 4. The van der Waals surface area contributed by atoms with Crippen molar-refractivity contribution >= 4 is 29.3 Å². The van der Waals surface area contributed by atoms with Crippen LogP contribution in [0.1, 0.15) is 28.7 Å². The van der Waals surface area contributed by atoms with Gasteiger partial charge in [0.15, 0.2) is 0 Å². The molecule has 176 valence electrons. The number of imide groups is 1. The van der Waals surface area contributed by atoms with Crippen molar-refractivity contribution in [3.8, 4) is 5.75 Å². The highest BCUT2D eigenvalue weighted by Gasteiger charge is 2.70. The number of para-hydroxylation sites is 1. The van der Waals surface area contributed by atoms with Crippen molar-refractivity contribution in [2.75, 3.05) is 12.4 Å². The summed E-state index contributed by atoms with van der Waals surface area (Å²) in [4.78, 5) is 54.1. The number of nitrogens with zero attached hydrogens (tertiary/aromatic N) is 1. The Kier molecular flexibility index (Phi) is 4.98. The van der Waals surface area contributed by atoms with Crippen LogP contribution in [0.25, 0.3) is 0 Å². The van der Waals surface area contributed by atoms with Gasteiger partial charge in [-0.2, -0.15) is 0 Å². The molecule has 0 saturated carbocycles. The number of primary amides is 1. The number of nitrogens with one attached hydrogen (secondary N) is 2. The predicted molar refractivity (Wildman–Crippen MR) is 122 cm³/mol. The van der Waals surface area contributed by atoms with E-state index in [1.165, 1.54) is 12.0 Å². The molecular weight excluding hydrogens is 436 g/mol. The third-order valence-corrected chi connectivity index (χ3v) is 7.20. The number of ether oxygens (including phenoxy) is 1. The normalized spacial score (nSPS) is 27.2. The Hall–Kier alpha value is -3.72. The first-order chi connectivity index (χ1) is 16.2. The Bertz CT molecular complexity index is 1260. The number of amides is 4. The van der Waals surface area contributed by atoms with E-state index in [2.05, 4.69) is 10.6 Å². The summed E-state index contributed by atoms with van der Waals surface area (Å²) in [6.45, 7) is 3.80. The quantitative estimate of drug-likeness (QED) is 0.571. The number of rotatable bonds is 5. The van der Waals surface area contributed by atoms with Crippen LogP contribution in [0.3, 0.4) is 0 Å². The van der Waals surface area contributed by atoms with Crippen LogP contribution in [-0.4, -0.2) is 41.7 Å². The first kappa shape index (κ1) is 22.1. The van der Waals surface area contributed by atoms with Crippen molar-refractivity contribution in [2.45, 2.75) is 38.4 Å². The van der Waals surface area contributed by atoms with E-state index in [1.54, 1.807) is 24.3 Å². The van der Waals surface area contributed by atoms with Gasteiger partial charge in [-0.15, -0.1) is 0 Å². The van der Waals surface area contributed by atoms with Gasteiger partial charge in [-0.25, -0.2) is 0 Å². The van der Waals surface area contributed by atoms with E-state index in [1.807, 2.05) is 26.0 Å². The second-order valence-electron chi connectivity index (χ2n) is 9.27. The topological polar surface area (TPSA) is 131 Å². The lowest BCUT2D eigenvalue weighted by Gasteiger charge is -2.29. The lowest BCUT2D eigenvalue weighted by atomic mass is 9.76. The monoisotopic (exact) mass is 462 g/mol. The van der Waals surface area contributed by atoms with Gasteiger partial charge >= 0.3 is 0 Å². The average Bonchev–Trinajstić information content (AvgIpc) is 3.35. The maximum absolute atomic E-state index is 13.8. The van der Waals surface area contributed by atoms with Gasteiger partial charge in [-0.1, -0.05) is 35.9 Å². The standard InChI is InChI=1S/C25H26N4O5/c1-12-8-13(2)21-15(9-12)25(24(33)27-21)20-19(16(28-25)10-18(26)30)22(31)29(23(20)32)11-14-6-4-5-7-17(14)34-3/h4-9,16,19-20,28H,10-11H2,1-3H3,(H2,26,30)(H,27,33)/t16-,19+,20-,25+/m0/s1. The number of carbonyl (C=O) groups excluding carboxylic acids is 4. The molecule has 9 heteroatoms. The van der Waals surface area contributed by atoms with Crippen LogP contribution >= 0.6 is 0 Å². The minimum absolute atomic E-state index is 0.00930. The highest BCUT2D eigenvalue weighted by molar-refractivity contribution is 6.15. The molecule has 2 aromatic rings. The highest BCUT2D eigenvalue weighted by atomic mass is 16.5. The van der Waals surface area contributed by atoms with E-state index in [9.17, 15) is 19.2 Å². The lowest BCUT2D eigenvalue weighted by Crippen LogP contribution is -2.53. The molecule has 4 N–H and O–H groups in total. The molecule has 0 aliphatic carbocycles. The molecule has 2 aromatic carbocycles. The number of carbonyl (C=O) groups is 4. The largest absolute Gasteiger partial charge is 0.496 e. The maximum Gasteiger partial charge on any atom is 0.250 e. The van der Waals surface area contributed by atoms with Crippen LogP contribution in [0.5, 0.6) is 5.75 Å². The van der Waals surface area contributed by atoms with Crippen LogP contribution < -0.4 is 21.1 Å². The van der Waals surface area contributed by atoms with Crippen molar-refractivity contribution in [3.05, 3.63) is 58.7 Å². The molecule has 1 spiro atoms. The second kappa shape index (κ2) is 7.66. The summed E-state index contributed by atoms with van der Waals surface area (Å²) in [6.07, 6.45) is -0.169. The fourth-order valence-corrected chi connectivity index (χ4v) is 5.87. The molecule has 5 rings (SSSR count). The zero-order valence-corrected chi connectivity index (χ0v) is 19.2. The van der Waals surface area contributed by atoms with Crippen molar-refractivity contribution in [3.63, 3.8) is 0 Å². The summed E-state index contributed by atoms with van der Waals surface area (Å²) in [5, 5.41) is 6.13. The number of aryl methyl sites for hydroxylation is 2. The summed E-state index contributed by atoms with van der Waals surface area (Å²) in [6, 6.07) is 10.2. The molecule has 34 heavy (non-hydrogen) atoms. The van der Waals surface area contributed by atoms with E-state index < -0.39 is 47.0 Å². The van der Waals surface area contributed by atoms with Gasteiger partial charge in [0, 0.05) is 29.3 Å². The SMILES string of the molecule is COc1ccccc1CN1C(=O)[C@@H]2[C@H](CC(N)=O)N[C@@]3(C(=O)Nc4c(C)cc(C)cc43)[C@@H]2C1=O. The Balaban J connectivity index is 1.63. The summed E-state index contributed by atoms with van der Waals surface area (Å²) < 4.78 is 5.39. The molecule has 4 amide bonds. The second-order valence-corrected chi connectivity index (χ2v) is 9.27. The van der Waals surface area contributed by atoms with E-state index in [4.69, 9.17) is 10.5 Å². The molecule has 0 unspecified atom stereocenters. The highest BCUT2D eigenvalue weighted by Crippen LogP contribution is 2.54. The first-order valence-corrected chi connectivity index (χ1v) is 11.1. The molecule has 3 aliphatic rings. The van der Waals surface area contributed by atoms with Crippen molar-refractivity contribution in [1.82, 2.24) is 10.2 Å². The van der Waals surface area contributed by atoms with E-state index in [-0.39, 0.29) is 13.0 Å². The third kappa shape index (κ3) is 2.96. The number of hydrogen-bond acceptors (Lipinski definition) is 6. The van der Waals surface area contributed by atoms with Crippen molar-refractivity contribution in [2.24, 2.45) is 17.6 Å². The minimum Gasteiger partial charge on any atom is -0.496 e. The van der Waals surface area contributed by atoms with E-state index in [0.717, 1.165) is 11.1 Å². The van der Waals surface area contributed by atoms with Gasteiger partial charge in [0.25, 0.3) is 0 Å². The smallest absolute Gasteiger partial charge is 0.250 e. The number of benzene rings is 2. The van der Waals surface area contributed by atoms with Gasteiger partial charge in [-0.05, 0) is 25.5 Å². The van der Waals surface area contributed by atoms with Gasteiger partial charge in [-0.3, -0.25) is 29.4 Å². The zero-order valence-electron chi connectivity index (χ0n) is 19.2. The Morgan fingerprint density at radius 2 is 1.88 bits per heavy atom. The molecule has 0 aromatic heterocycles. The summed E-state index contributed by atoms with van der Waals surface area (Å²) in [7, 11) is 1.52. The van der Waals surface area contributed by atoms with Crippen molar-refractivity contribution in [1.29, 1.82) is 0 Å². The van der Waals surface area contributed by atoms with E-state index in [0.29, 0.717) is 22.6 Å². The molecule has 0 bridgehead atoms. The Labute approximate surface area is 196 Å². The fourth-order valence-electron chi connectivity index (χ4n) is 5.87. The number of methoxy groups -OCH3 is 1. The van der Waals surface area contributed by atoms with Gasteiger partial charge < -0.3 is 15.8 Å². The summed E-state index contributed by atoms with van der Waals surface area (Å²) >= 11 is 0. The predicted octanol–water partition coefficient (Wildman–Crippen LogP) is 1.11. The van der Waals surface area contributed by atoms with Gasteiger partial charge in [0.2, 0.25) is 23.6 Å². The molecule has 4 atom stereocenters. The average molecular weight is 463 g/mol. The zero-order chi connectivity index (χ0) is 24.4. The lowest BCUT2D eigenvalue weighted by molar-refractivity contribution is -0.143. The third-order valence-electron chi connectivity index (χ3n) is 7.20. The molecule has 3 aliphatic heterocycles. The number of likely N-dealkylation sites (tertiary alicyclic amines) is 1. The van der Waals surface area contributed by atoms with Crippen LogP contribution in [-0.2, 0) is 31.3 Å². The van der Waals surface area contributed by atoms with Crippen LogP contribution in [0.15, 0.2) is 36.4 Å². The number of anilines is 1. The molecule has 3 heterocycles. The molecular formula is C25H26N4O5. The molecule has 2 fully saturated rings. The number of nitrogens with two attached hydrogens (primary N) is 1.